The van der Waals surface area contributed by atoms with Crippen molar-refractivity contribution in [2.24, 2.45) is 7.05 Å². The van der Waals surface area contributed by atoms with Crippen LogP contribution in [-0.4, -0.2) is 53.8 Å². The Bertz CT molecular complexity index is 470. The van der Waals surface area contributed by atoms with E-state index in [2.05, 4.69) is 34.7 Å². The Kier molecular flexibility index (Phi) is 5.42. The molecule has 5 heteroatoms. The minimum Gasteiger partial charge on any atom is -0.378 e. The summed E-state index contributed by atoms with van der Waals surface area (Å²) in [5.74, 6) is 0.105. The fourth-order valence-corrected chi connectivity index (χ4v) is 2.88. The van der Waals surface area contributed by atoms with Crippen LogP contribution < -0.4 is 5.32 Å². The number of aromatic nitrogens is 1. The number of carbonyl (C=O) groups is 1. The molecule has 118 valence electrons. The number of nitrogens with zero attached hydrogens (tertiary/aromatic N) is 2. The zero-order chi connectivity index (χ0) is 15.4. The van der Waals surface area contributed by atoms with Crippen molar-refractivity contribution in [2.45, 2.75) is 44.9 Å². The molecule has 1 amide bonds. The molecule has 0 aliphatic carbocycles. The van der Waals surface area contributed by atoms with Gasteiger partial charge >= 0.3 is 0 Å². The van der Waals surface area contributed by atoms with Crippen molar-refractivity contribution in [3.8, 4) is 0 Å². The molecule has 0 bridgehead atoms. The number of carbonyl (C=O) groups excluding carboxylic acids is 1. The Morgan fingerprint density at radius 2 is 2.24 bits per heavy atom. The molecule has 2 heterocycles. The summed E-state index contributed by atoms with van der Waals surface area (Å²) >= 11 is 0. The molecular weight excluding hydrogens is 266 g/mol. The van der Waals surface area contributed by atoms with Crippen LogP contribution in [0.5, 0.6) is 0 Å². The average Bonchev–Trinajstić information content (AvgIpc) is 3.02. The van der Waals surface area contributed by atoms with E-state index < -0.39 is 0 Å². The van der Waals surface area contributed by atoms with Crippen molar-refractivity contribution in [1.29, 1.82) is 0 Å². The summed E-state index contributed by atoms with van der Waals surface area (Å²) in [5, 5.41) is 3.13. The average molecular weight is 293 g/mol. The van der Waals surface area contributed by atoms with Gasteiger partial charge in [0.2, 0.25) is 5.91 Å². The molecule has 0 radical (unpaired) electrons. The molecule has 0 saturated carbocycles. The topological polar surface area (TPSA) is 46.5 Å². The van der Waals surface area contributed by atoms with Gasteiger partial charge in [0.05, 0.1) is 12.1 Å². The number of nitrogens with one attached hydrogen (secondary N) is 1. The lowest BCUT2D eigenvalue weighted by atomic mass is 10.2. The third-order valence-corrected chi connectivity index (χ3v) is 4.33. The molecule has 2 atom stereocenters. The number of hydrogen-bond acceptors (Lipinski definition) is 3. The predicted octanol–water partition coefficient (Wildman–Crippen LogP) is 1.18. The summed E-state index contributed by atoms with van der Waals surface area (Å²) in [6.07, 6.45) is 3.39. The standard InChI is InChI=1S/C16H27N3O2/c1-12(2)19-10-14(15(11-19)21-4)17-16(20)8-7-13-6-5-9-18(13)3/h5-6,9,12,14-15H,7-8,10-11H2,1-4H3,(H,17,20)/t14-,15-/m0/s1. The molecule has 21 heavy (non-hydrogen) atoms. The molecule has 5 nitrogen and oxygen atoms in total. The summed E-state index contributed by atoms with van der Waals surface area (Å²) in [6.45, 7) is 6.10. The van der Waals surface area contributed by atoms with Gasteiger partial charge in [-0.3, -0.25) is 9.69 Å². The molecular formula is C16H27N3O2. The van der Waals surface area contributed by atoms with Crippen molar-refractivity contribution in [2.75, 3.05) is 20.2 Å². The summed E-state index contributed by atoms with van der Waals surface area (Å²) in [7, 11) is 3.73. The zero-order valence-electron chi connectivity index (χ0n) is 13.5. The van der Waals surface area contributed by atoms with Gasteiger partial charge in [0, 0.05) is 51.6 Å². The summed E-state index contributed by atoms with van der Waals surface area (Å²) in [4.78, 5) is 14.5. The predicted molar refractivity (Wildman–Crippen MR) is 83.2 cm³/mol. The molecule has 1 aliphatic rings. The number of amides is 1. The Hall–Kier alpha value is -1.33. The van der Waals surface area contributed by atoms with Gasteiger partial charge < -0.3 is 14.6 Å². The lowest BCUT2D eigenvalue weighted by Gasteiger charge is -2.20. The quantitative estimate of drug-likeness (QED) is 0.857. The van der Waals surface area contributed by atoms with E-state index in [1.54, 1.807) is 7.11 Å². The van der Waals surface area contributed by atoms with Gasteiger partial charge in [0.1, 0.15) is 0 Å². The second-order valence-corrected chi connectivity index (χ2v) is 6.11. The maximum atomic E-state index is 12.1. The van der Waals surface area contributed by atoms with Crippen LogP contribution >= 0.6 is 0 Å². The van der Waals surface area contributed by atoms with E-state index in [1.807, 2.05) is 19.3 Å². The van der Waals surface area contributed by atoms with Crippen LogP contribution in [0.4, 0.5) is 0 Å². The normalized spacial score (nSPS) is 22.9. The first-order valence-electron chi connectivity index (χ1n) is 7.67. The third-order valence-electron chi connectivity index (χ3n) is 4.33. The van der Waals surface area contributed by atoms with E-state index in [0.717, 1.165) is 19.5 Å². The van der Waals surface area contributed by atoms with Gasteiger partial charge in [0.15, 0.2) is 0 Å². The highest BCUT2D eigenvalue weighted by molar-refractivity contribution is 5.76. The molecule has 1 N–H and O–H groups in total. The summed E-state index contributed by atoms with van der Waals surface area (Å²) in [5.41, 5.74) is 1.18. The first-order valence-corrected chi connectivity index (χ1v) is 7.67. The molecule has 0 spiro atoms. The van der Waals surface area contributed by atoms with Gasteiger partial charge in [-0.25, -0.2) is 0 Å². The minimum absolute atomic E-state index is 0.0892. The van der Waals surface area contributed by atoms with Gasteiger partial charge in [-0.15, -0.1) is 0 Å². The van der Waals surface area contributed by atoms with Gasteiger partial charge in [0.25, 0.3) is 0 Å². The van der Waals surface area contributed by atoms with Crippen LogP contribution in [0, 0.1) is 0 Å². The van der Waals surface area contributed by atoms with E-state index in [0.29, 0.717) is 12.5 Å². The highest BCUT2D eigenvalue weighted by Crippen LogP contribution is 2.16. The largest absolute Gasteiger partial charge is 0.378 e. The van der Waals surface area contributed by atoms with Crippen LogP contribution in [0.2, 0.25) is 0 Å². The number of ether oxygens (including phenoxy) is 1. The highest BCUT2D eigenvalue weighted by atomic mass is 16.5. The number of hydrogen-bond donors (Lipinski definition) is 1. The Morgan fingerprint density at radius 3 is 2.81 bits per heavy atom. The minimum atomic E-state index is 0.0892. The van der Waals surface area contributed by atoms with E-state index >= 15 is 0 Å². The summed E-state index contributed by atoms with van der Waals surface area (Å²) in [6, 6.07) is 4.64. The Morgan fingerprint density at radius 1 is 1.48 bits per heavy atom. The second-order valence-electron chi connectivity index (χ2n) is 6.11. The van der Waals surface area contributed by atoms with Crippen molar-refractivity contribution in [3.63, 3.8) is 0 Å². The fraction of sp³-hybridized carbons (Fsp3) is 0.688. The molecule has 1 saturated heterocycles. The number of aryl methyl sites for hydroxylation is 2. The van der Waals surface area contributed by atoms with E-state index in [9.17, 15) is 4.79 Å². The first kappa shape index (κ1) is 16.0. The maximum Gasteiger partial charge on any atom is 0.220 e. The number of rotatable bonds is 6. The van der Waals surface area contributed by atoms with Crippen LogP contribution in [0.15, 0.2) is 18.3 Å². The van der Waals surface area contributed by atoms with Crippen LogP contribution in [0.3, 0.4) is 0 Å². The second kappa shape index (κ2) is 7.09. The Balaban J connectivity index is 1.83. The SMILES string of the molecule is CO[C@H]1CN(C(C)C)C[C@@H]1NC(=O)CCc1cccn1C. The van der Waals surface area contributed by atoms with E-state index in [4.69, 9.17) is 4.74 Å². The van der Waals surface area contributed by atoms with Crippen LogP contribution in [0.25, 0.3) is 0 Å². The molecule has 0 aromatic carbocycles. The lowest BCUT2D eigenvalue weighted by Crippen LogP contribution is -2.43. The maximum absolute atomic E-state index is 12.1. The molecule has 1 aromatic rings. The molecule has 1 fully saturated rings. The van der Waals surface area contributed by atoms with Crippen LogP contribution in [-0.2, 0) is 23.0 Å². The van der Waals surface area contributed by atoms with Gasteiger partial charge in [-0.2, -0.15) is 0 Å². The van der Waals surface area contributed by atoms with Crippen molar-refractivity contribution >= 4 is 5.91 Å². The molecule has 0 unspecified atom stereocenters. The van der Waals surface area contributed by atoms with Crippen molar-refractivity contribution in [3.05, 3.63) is 24.0 Å². The number of methoxy groups -OCH3 is 1. The van der Waals surface area contributed by atoms with Gasteiger partial charge in [-0.05, 0) is 32.4 Å². The Labute approximate surface area is 127 Å². The van der Waals surface area contributed by atoms with Crippen molar-refractivity contribution < 1.29 is 9.53 Å². The molecule has 1 aromatic heterocycles. The van der Waals surface area contributed by atoms with Crippen molar-refractivity contribution in [1.82, 2.24) is 14.8 Å². The highest BCUT2D eigenvalue weighted by Gasteiger charge is 2.34. The van der Waals surface area contributed by atoms with E-state index in [-0.39, 0.29) is 18.1 Å². The lowest BCUT2D eigenvalue weighted by molar-refractivity contribution is -0.122. The van der Waals surface area contributed by atoms with E-state index in [1.165, 1.54) is 5.69 Å². The molecule has 1 aliphatic heterocycles. The summed E-state index contributed by atoms with van der Waals surface area (Å²) < 4.78 is 7.57. The molecule has 2 rings (SSSR count). The van der Waals surface area contributed by atoms with Crippen LogP contribution in [0.1, 0.15) is 26.0 Å². The third kappa shape index (κ3) is 4.08. The smallest absolute Gasteiger partial charge is 0.220 e. The number of likely N-dealkylation sites (tertiary alicyclic amines) is 1. The zero-order valence-corrected chi connectivity index (χ0v) is 13.5. The monoisotopic (exact) mass is 293 g/mol. The van der Waals surface area contributed by atoms with Gasteiger partial charge in [-0.1, -0.05) is 0 Å². The fourth-order valence-electron chi connectivity index (χ4n) is 2.88. The first-order chi connectivity index (χ1) is 10.0.